The number of rotatable bonds is 9. The Balaban J connectivity index is 2.00. The Morgan fingerprint density at radius 2 is 1.77 bits per heavy atom. The number of benzene rings is 2. The molecule has 1 atom stereocenters. The number of ether oxygens (including phenoxy) is 1. The zero-order valence-corrected chi connectivity index (χ0v) is 19.6. The number of amides is 1. The van der Waals surface area contributed by atoms with Gasteiger partial charge in [-0.2, -0.15) is 0 Å². The topological polar surface area (TPSA) is 84.5 Å². The van der Waals surface area contributed by atoms with Crippen molar-refractivity contribution >= 4 is 27.5 Å². The van der Waals surface area contributed by atoms with Gasteiger partial charge in [0.05, 0.1) is 16.0 Å². The molecule has 2 aromatic carbocycles. The summed E-state index contributed by atoms with van der Waals surface area (Å²) in [5.41, 5.74) is 4.55. The van der Waals surface area contributed by atoms with Crippen LogP contribution in [-0.2, 0) is 14.8 Å². The van der Waals surface area contributed by atoms with E-state index in [9.17, 15) is 13.2 Å². The van der Waals surface area contributed by atoms with Gasteiger partial charge in [-0.05, 0) is 74.6 Å². The van der Waals surface area contributed by atoms with E-state index in [1.165, 1.54) is 29.3 Å². The molecule has 6 nitrogen and oxygen atoms in total. The molecule has 0 aliphatic carbocycles. The summed E-state index contributed by atoms with van der Waals surface area (Å²) in [6, 6.07) is 8.18. The van der Waals surface area contributed by atoms with Gasteiger partial charge in [0.2, 0.25) is 10.0 Å². The highest BCUT2D eigenvalue weighted by Gasteiger charge is 2.17. The molecule has 2 rings (SSSR count). The molecule has 0 bridgehead atoms. The van der Waals surface area contributed by atoms with Crippen LogP contribution in [0.5, 0.6) is 5.75 Å². The van der Waals surface area contributed by atoms with Crippen LogP contribution in [0.4, 0.5) is 0 Å². The minimum atomic E-state index is -3.62. The van der Waals surface area contributed by atoms with Gasteiger partial charge in [-0.3, -0.25) is 4.79 Å². The lowest BCUT2D eigenvalue weighted by Crippen LogP contribution is -2.31. The molecule has 0 saturated carbocycles. The number of halogens is 1. The maximum atomic E-state index is 12.3. The number of sulfonamides is 1. The number of aryl methyl sites for hydroxylation is 3. The molecule has 0 fully saturated rings. The molecule has 164 valence electrons. The summed E-state index contributed by atoms with van der Waals surface area (Å²) in [4.78, 5) is 12.4. The Hall–Kier alpha value is -2.09. The summed E-state index contributed by atoms with van der Waals surface area (Å²) in [5.74, 6) is -0.0474. The third-order valence-electron chi connectivity index (χ3n) is 4.84. The highest BCUT2D eigenvalue weighted by atomic mass is 35.5. The second-order valence-electron chi connectivity index (χ2n) is 7.36. The number of carbonyl (C=O) groups excluding carboxylic acids is 1. The second-order valence-corrected chi connectivity index (χ2v) is 9.54. The zero-order chi connectivity index (χ0) is 22.5. The minimum Gasteiger partial charge on any atom is -0.482 e. The van der Waals surface area contributed by atoms with Gasteiger partial charge in [0.15, 0.2) is 6.61 Å². The molecule has 0 saturated heterocycles. The van der Waals surface area contributed by atoms with Crippen molar-refractivity contribution < 1.29 is 17.9 Å². The predicted molar refractivity (Wildman–Crippen MR) is 120 cm³/mol. The maximum absolute atomic E-state index is 12.3. The van der Waals surface area contributed by atoms with Gasteiger partial charge in [-0.1, -0.05) is 30.7 Å². The van der Waals surface area contributed by atoms with E-state index in [0.717, 1.165) is 11.1 Å². The molecule has 1 amide bonds. The average molecular weight is 453 g/mol. The first-order chi connectivity index (χ1) is 14.0. The third kappa shape index (κ3) is 6.20. The van der Waals surface area contributed by atoms with Crippen molar-refractivity contribution in [1.29, 1.82) is 0 Å². The first kappa shape index (κ1) is 24.2. The Labute approximate surface area is 184 Å². The van der Waals surface area contributed by atoms with Gasteiger partial charge >= 0.3 is 0 Å². The third-order valence-corrected chi connectivity index (χ3v) is 6.59. The fraction of sp³-hybridized carbons (Fsp3) is 0.409. The average Bonchev–Trinajstić information content (AvgIpc) is 2.68. The van der Waals surface area contributed by atoms with E-state index in [2.05, 4.69) is 29.1 Å². The first-order valence-electron chi connectivity index (χ1n) is 9.84. The fourth-order valence-corrected chi connectivity index (χ4v) is 4.50. The van der Waals surface area contributed by atoms with Crippen LogP contribution in [0, 0.1) is 20.8 Å². The van der Waals surface area contributed by atoms with Gasteiger partial charge in [-0.25, -0.2) is 13.1 Å². The van der Waals surface area contributed by atoms with Crippen LogP contribution in [0.2, 0.25) is 5.02 Å². The Morgan fingerprint density at radius 1 is 1.10 bits per heavy atom. The zero-order valence-electron chi connectivity index (χ0n) is 18.0. The van der Waals surface area contributed by atoms with E-state index in [4.69, 9.17) is 16.3 Å². The smallest absolute Gasteiger partial charge is 0.258 e. The molecule has 0 heterocycles. The van der Waals surface area contributed by atoms with Crippen LogP contribution in [0.3, 0.4) is 0 Å². The van der Waals surface area contributed by atoms with Crippen LogP contribution in [-0.4, -0.2) is 27.5 Å². The molecule has 0 radical (unpaired) electrons. The monoisotopic (exact) mass is 452 g/mol. The summed E-state index contributed by atoms with van der Waals surface area (Å²) >= 11 is 6.16. The normalized spacial score (nSPS) is 12.5. The second kappa shape index (κ2) is 10.3. The number of hydrogen-bond acceptors (Lipinski definition) is 4. The van der Waals surface area contributed by atoms with Gasteiger partial charge in [0, 0.05) is 6.54 Å². The molecular weight excluding hydrogens is 424 g/mol. The largest absolute Gasteiger partial charge is 0.482 e. The Morgan fingerprint density at radius 3 is 2.40 bits per heavy atom. The van der Waals surface area contributed by atoms with Gasteiger partial charge < -0.3 is 10.1 Å². The summed E-state index contributed by atoms with van der Waals surface area (Å²) in [5, 5.41) is 3.04. The molecule has 0 spiro atoms. The minimum absolute atomic E-state index is 0.0524. The van der Waals surface area contributed by atoms with Gasteiger partial charge in [0.25, 0.3) is 5.91 Å². The van der Waals surface area contributed by atoms with E-state index in [1.807, 2.05) is 27.7 Å². The lowest BCUT2D eigenvalue weighted by molar-refractivity contribution is -0.123. The molecule has 8 heteroatoms. The highest BCUT2D eigenvalue weighted by Crippen LogP contribution is 2.27. The van der Waals surface area contributed by atoms with Crippen molar-refractivity contribution in [1.82, 2.24) is 10.0 Å². The molecular formula is C22H29ClN2O4S. The molecule has 0 aromatic heterocycles. The molecule has 2 N–H and O–H groups in total. The molecule has 2 aromatic rings. The predicted octanol–water partition coefficient (Wildman–Crippen LogP) is 4.21. The maximum Gasteiger partial charge on any atom is 0.258 e. The van der Waals surface area contributed by atoms with E-state index >= 15 is 0 Å². The van der Waals surface area contributed by atoms with Crippen LogP contribution in [0.25, 0.3) is 0 Å². The van der Waals surface area contributed by atoms with Crippen LogP contribution < -0.4 is 14.8 Å². The van der Waals surface area contributed by atoms with Crippen molar-refractivity contribution in [3.8, 4) is 5.75 Å². The van der Waals surface area contributed by atoms with Crippen molar-refractivity contribution in [2.75, 3.05) is 13.2 Å². The summed E-state index contributed by atoms with van der Waals surface area (Å²) in [6.07, 6.45) is 0.684. The standard InChI is InChI=1S/C22H29ClN2O4S/c1-6-9-24-30(27,28)18-7-8-21(20(23)12-18)29-13-22(26)25-17(5)19-11-15(3)14(2)10-16(19)4/h7-8,10-12,17,24H,6,9,13H2,1-5H3,(H,25,26). The van der Waals surface area contributed by atoms with Gasteiger partial charge in [-0.15, -0.1) is 0 Å². The van der Waals surface area contributed by atoms with E-state index in [1.54, 1.807) is 0 Å². The Bertz CT molecular complexity index is 1020. The molecule has 30 heavy (non-hydrogen) atoms. The highest BCUT2D eigenvalue weighted by molar-refractivity contribution is 7.89. The molecule has 1 unspecified atom stereocenters. The lowest BCUT2D eigenvalue weighted by Gasteiger charge is -2.19. The Kier molecular flexibility index (Phi) is 8.29. The van der Waals surface area contributed by atoms with Crippen molar-refractivity contribution in [2.24, 2.45) is 0 Å². The first-order valence-corrected chi connectivity index (χ1v) is 11.7. The summed E-state index contributed by atoms with van der Waals surface area (Å²) in [6.45, 7) is 10.0. The summed E-state index contributed by atoms with van der Waals surface area (Å²) < 4.78 is 32.3. The molecule has 0 aliphatic heterocycles. The van der Waals surface area contributed by atoms with Crippen LogP contribution in [0.15, 0.2) is 35.2 Å². The SMILES string of the molecule is CCCNS(=O)(=O)c1ccc(OCC(=O)NC(C)c2cc(C)c(C)cc2C)c(Cl)c1. The van der Waals surface area contributed by atoms with Crippen LogP contribution >= 0.6 is 11.6 Å². The van der Waals surface area contributed by atoms with E-state index in [-0.39, 0.29) is 34.2 Å². The van der Waals surface area contributed by atoms with E-state index < -0.39 is 10.0 Å². The quantitative estimate of drug-likeness (QED) is 0.596. The number of hydrogen-bond donors (Lipinski definition) is 2. The number of carbonyl (C=O) groups is 1. The van der Waals surface area contributed by atoms with Crippen LogP contribution in [0.1, 0.15) is 48.6 Å². The van der Waals surface area contributed by atoms with E-state index in [0.29, 0.717) is 13.0 Å². The molecule has 0 aliphatic rings. The van der Waals surface area contributed by atoms with Crippen molar-refractivity contribution in [2.45, 2.75) is 52.0 Å². The number of nitrogens with one attached hydrogen (secondary N) is 2. The lowest BCUT2D eigenvalue weighted by atomic mass is 9.96. The van der Waals surface area contributed by atoms with Crippen molar-refractivity contribution in [3.05, 3.63) is 57.6 Å². The van der Waals surface area contributed by atoms with Gasteiger partial charge in [0.1, 0.15) is 5.75 Å². The fourth-order valence-electron chi connectivity index (χ4n) is 3.04. The van der Waals surface area contributed by atoms with Crippen molar-refractivity contribution in [3.63, 3.8) is 0 Å². The summed E-state index contributed by atoms with van der Waals surface area (Å²) in [7, 11) is -3.62.